The van der Waals surface area contributed by atoms with Gasteiger partial charge < -0.3 is 20.3 Å². The number of ether oxygens (including phenoxy) is 1. The van der Waals surface area contributed by atoms with Gasteiger partial charge in [-0.3, -0.25) is 4.99 Å². The number of aliphatic imine (C=N–C) groups is 1. The standard InChI is InChI=1S/C18H30N4O.HI/c1-16-7-6-12-22(15-16)13-10-20-18(19-2)21-11-14-23-17-8-4-3-5-9-17;/h3-5,8-9,16H,6-7,10-15H2,1-2H3,(H2,19,20,21);1H. The van der Waals surface area contributed by atoms with Gasteiger partial charge in [-0.05, 0) is 37.4 Å². The number of nitrogens with one attached hydrogen (secondary N) is 2. The average molecular weight is 446 g/mol. The van der Waals surface area contributed by atoms with Crippen molar-refractivity contribution in [3.8, 4) is 5.75 Å². The van der Waals surface area contributed by atoms with Crippen molar-refractivity contribution in [2.24, 2.45) is 10.9 Å². The average Bonchev–Trinajstić information content (AvgIpc) is 2.58. The van der Waals surface area contributed by atoms with Crippen molar-refractivity contribution in [3.63, 3.8) is 0 Å². The Hall–Kier alpha value is -1.02. The van der Waals surface area contributed by atoms with Crippen LogP contribution < -0.4 is 15.4 Å². The first-order valence-electron chi connectivity index (χ1n) is 8.62. The van der Waals surface area contributed by atoms with Gasteiger partial charge in [0.2, 0.25) is 0 Å². The van der Waals surface area contributed by atoms with E-state index < -0.39 is 0 Å². The van der Waals surface area contributed by atoms with Gasteiger partial charge in [0.15, 0.2) is 5.96 Å². The Balaban J connectivity index is 0.00000288. The molecule has 0 aromatic heterocycles. The first kappa shape index (κ1) is 21.0. The zero-order valence-corrected chi connectivity index (χ0v) is 17.2. The molecular weight excluding hydrogens is 415 g/mol. The molecule has 1 aromatic rings. The van der Waals surface area contributed by atoms with E-state index in [1.807, 2.05) is 30.3 Å². The molecule has 1 unspecified atom stereocenters. The highest BCUT2D eigenvalue weighted by molar-refractivity contribution is 14.0. The minimum atomic E-state index is 0. The minimum absolute atomic E-state index is 0. The molecule has 2 N–H and O–H groups in total. The Bertz CT molecular complexity index is 469. The molecule has 2 rings (SSSR count). The summed E-state index contributed by atoms with van der Waals surface area (Å²) in [6.45, 7) is 8.13. The fraction of sp³-hybridized carbons (Fsp3) is 0.611. The molecule has 1 aliphatic heterocycles. The maximum atomic E-state index is 5.66. The highest BCUT2D eigenvalue weighted by Gasteiger charge is 2.15. The third-order valence-electron chi connectivity index (χ3n) is 4.09. The number of hydrogen-bond acceptors (Lipinski definition) is 3. The van der Waals surface area contributed by atoms with E-state index in [2.05, 4.69) is 27.4 Å². The Labute approximate surface area is 163 Å². The van der Waals surface area contributed by atoms with Gasteiger partial charge in [0.1, 0.15) is 12.4 Å². The number of rotatable bonds is 7. The summed E-state index contributed by atoms with van der Waals surface area (Å²) in [4.78, 5) is 6.79. The van der Waals surface area contributed by atoms with E-state index >= 15 is 0 Å². The lowest BCUT2D eigenvalue weighted by molar-refractivity contribution is 0.187. The fourth-order valence-electron chi connectivity index (χ4n) is 2.90. The number of nitrogens with zero attached hydrogens (tertiary/aromatic N) is 2. The maximum absolute atomic E-state index is 5.66. The van der Waals surface area contributed by atoms with E-state index in [1.165, 1.54) is 25.9 Å². The normalized spacial score (nSPS) is 18.6. The van der Waals surface area contributed by atoms with E-state index in [0.717, 1.165) is 37.3 Å². The summed E-state index contributed by atoms with van der Waals surface area (Å²) in [5.41, 5.74) is 0. The summed E-state index contributed by atoms with van der Waals surface area (Å²) >= 11 is 0. The van der Waals surface area contributed by atoms with Crippen LogP contribution >= 0.6 is 24.0 Å². The molecule has 6 heteroatoms. The van der Waals surface area contributed by atoms with Crippen molar-refractivity contribution in [3.05, 3.63) is 30.3 Å². The van der Waals surface area contributed by atoms with Crippen LogP contribution in [0.5, 0.6) is 5.75 Å². The molecule has 0 radical (unpaired) electrons. The van der Waals surface area contributed by atoms with Gasteiger partial charge in [-0.2, -0.15) is 0 Å². The van der Waals surface area contributed by atoms with Crippen molar-refractivity contribution in [2.75, 3.05) is 46.4 Å². The largest absolute Gasteiger partial charge is 0.492 e. The van der Waals surface area contributed by atoms with Crippen LogP contribution in [0.25, 0.3) is 0 Å². The van der Waals surface area contributed by atoms with Crippen LogP contribution in [0, 0.1) is 5.92 Å². The summed E-state index contributed by atoms with van der Waals surface area (Å²) in [7, 11) is 1.80. The zero-order chi connectivity index (χ0) is 16.3. The van der Waals surface area contributed by atoms with Gasteiger partial charge in [0.25, 0.3) is 0 Å². The molecule has 0 amide bonds. The SMILES string of the molecule is CN=C(NCCOc1ccccc1)NCCN1CCCC(C)C1.I. The molecule has 1 aromatic carbocycles. The fourth-order valence-corrected chi connectivity index (χ4v) is 2.90. The Morgan fingerprint density at radius 1 is 1.25 bits per heavy atom. The number of para-hydroxylation sites is 1. The van der Waals surface area contributed by atoms with Gasteiger partial charge in [0.05, 0.1) is 6.54 Å². The summed E-state index contributed by atoms with van der Waals surface area (Å²) in [6, 6.07) is 9.87. The lowest BCUT2D eigenvalue weighted by Crippen LogP contribution is -2.44. The minimum Gasteiger partial charge on any atom is -0.492 e. The van der Waals surface area contributed by atoms with Crippen molar-refractivity contribution in [2.45, 2.75) is 19.8 Å². The lowest BCUT2D eigenvalue weighted by Gasteiger charge is -2.30. The van der Waals surface area contributed by atoms with Crippen LogP contribution in [0.15, 0.2) is 35.3 Å². The molecule has 5 nitrogen and oxygen atoms in total. The second-order valence-electron chi connectivity index (χ2n) is 6.14. The maximum Gasteiger partial charge on any atom is 0.191 e. The zero-order valence-electron chi connectivity index (χ0n) is 14.8. The van der Waals surface area contributed by atoms with Crippen LogP contribution in [-0.2, 0) is 0 Å². The Morgan fingerprint density at radius 2 is 2.00 bits per heavy atom. The van der Waals surface area contributed by atoms with Crippen molar-refractivity contribution in [1.82, 2.24) is 15.5 Å². The number of guanidine groups is 1. The Kier molecular flexibility index (Phi) is 10.8. The quantitative estimate of drug-likeness (QED) is 0.293. The molecule has 1 saturated heterocycles. The molecular formula is C18H31IN4O. The molecule has 1 fully saturated rings. The first-order chi connectivity index (χ1) is 11.3. The van der Waals surface area contributed by atoms with E-state index in [4.69, 9.17) is 4.74 Å². The first-order valence-corrected chi connectivity index (χ1v) is 8.62. The van der Waals surface area contributed by atoms with E-state index in [1.54, 1.807) is 7.05 Å². The van der Waals surface area contributed by atoms with Crippen LogP contribution in [0.1, 0.15) is 19.8 Å². The molecule has 1 atom stereocenters. The highest BCUT2D eigenvalue weighted by atomic mass is 127. The second-order valence-corrected chi connectivity index (χ2v) is 6.14. The number of piperidine rings is 1. The topological polar surface area (TPSA) is 48.9 Å². The molecule has 0 spiro atoms. The molecule has 0 aliphatic carbocycles. The van der Waals surface area contributed by atoms with Crippen molar-refractivity contribution in [1.29, 1.82) is 0 Å². The monoisotopic (exact) mass is 446 g/mol. The third-order valence-corrected chi connectivity index (χ3v) is 4.09. The molecule has 24 heavy (non-hydrogen) atoms. The summed E-state index contributed by atoms with van der Waals surface area (Å²) in [5.74, 6) is 2.57. The van der Waals surface area contributed by atoms with E-state index in [-0.39, 0.29) is 24.0 Å². The van der Waals surface area contributed by atoms with Crippen LogP contribution in [0.3, 0.4) is 0 Å². The lowest BCUT2D eigenvalue weighted by atomic mass is 10.0. The van der Waals surface area contributed by atoms with Crippen molar-refractivity contribution >= 4 is 29.9 Å². The number of benzene rings is 1. The van der Waals surface area contributed by atoms with Crippen molar-refractivity contribution < 1.29 is 4.74 Å². The van der Waals surface area contributed by atoms with Gasteiger partial charge in [-0.15, -0.1) is 24.0 Å². The molecule has 1 aliphatic rings. The number of likely N-dealkylation sites (tertiary alicyclic amines) is 1. The van der Waals surface area contributed by atoms with Crippen LogP contribution in [0.4, 0.5) is 0 Å². The third kappa shape index (κ3) is 8.19. The molecule has 1 heterocycles. The van der Waals surface area contributed by atoms with Gasteiger partial charge in [-0.25, -0.2) is 0 Å². The van der Waals surface area contributed by atoms with Gasteiger partial charge >= 0.3 is 0 Å². The van der Waals surface area contributed by atoms with Crippen LogP contribution in [0.2, 0.25) is 0 Å². The highest BCUT2D eigenvalue weighted by Crippen LogP contribution is 2.14. The van der Waals surface area contributed by atoms with Crippen LogP contribution in [-0.4, -0.2) is 57.2 Å². The predicted molar refractivity (Wildman–Crippen MR) is 112 cm³/mol. The van der Waals surface area contributed by atoms with E-state index in [9.17, 15) is 0 Å². The number of halogens is 1. The predicted octanol–water partition coefficient (Wildman–Crippen LogP) is 2.58. The molecule has 0 bridgehead atoms. The second kappa shape index (κ2) is 12.4. The summed E-state index contributed by atoms with van der Waals surface area (Å²) < 4.78 is 5.66. The van der Waals surface area contributed by atoms with E-state index in [0.29, 0.717) is 6.61 Å². The van der Waals surface area contributed by atoms with Gasteiger partial charge in [-0.1, -0.05) is 25.1 Å². The van der Waals surface area contributed by atoms with Gasteiger partial charge in [0, 0.05) is 26.7 Å². The summed E-state index contributed by atoms with van der Waals surface area (Å²) in [5, 5.41) is 6.65. The molecule has 136 valence electrons. The summed E-state index contributed by atoms with van der Waals surface area (Å²) in [6.07, 6.45) is 2.69. The molecule has 0 saturated carbocycles. The smallest absolute Gasteiger partial charge is 0.191 e. The number of hydrogen-bond donors (Lipinski definition) is 2. The Morgan fingerprint density at radius 3 is 2.71 bits per heavy atom.